The number of carbonyl (C=O) groups is 2. The smallest absolute Gasteiger partial charge is 0.259 e. The molecule has 0 saturated heterocycles. The topological polar surface area (TPSA) is 95.1 Å². The number of nitrogens with one attached hydrogen (secondary N) is 2. The second kappa shape index (κ2) is 4.33. The molecule has 24 heavy (non-hydrogen) atoms. The number of halogens is 1. The molecule has 116 valence electrons. The van der Waals surface area contributed by atoms with Crippen molar-refractivity contribution in [1.82, 2.24) is 15.3 Å². The third kappa shape index (κ3) is 1.52. The molecule has 0 atom stereocenters. The van der Waals surface area contributed by atoms with Crippen LogP contribution in [0, 0.1) is 0 Å². The molecule has 1 aliphatic rings. The van der Waals surface area contributed by atoms with Gasteiger partial charge in [0, 0.05) is 26.8 Å². The number of nitrogens with zero attached hydrogens (tertiary/aromatic N) is 1. The van der Waals surface area contributed by atoms with Gasteiger partial charge in [0.05, 0.1) is 27.7 Å². The van der Waals surface area contributed by atoms with Gasteiger partial charge >= 0.3 is 0 Å². The van der Waals surface area contributed by atoms with Gasteiger partial charge in [0.15, 0.2) is 0 Å². The minimum atomic E-state index is -0.439. The molecule has 0 bridgehead atoms. The lowest BCUT2D eigenvalue weighted by Crippen LogP contribution is -2.20. The fraction of sp³-hybridized carbons (Fsp3) is 0. The normalized spacial score (nSPS) is 13.9. The first-order valence-corrected chi connectivity index (χ1v) is 7.96. The Morgan fingerprint density at radius 2 is 1.83 bits per heavy atom. The molecule has 2 amide bonds. The Labute approximate surface area is 142 Å². The van der Waals surface area contributed by atoms with Crippen LogP contribution in [-0.2, 0) is 0 Å². The number of hydrogen-bond donors (Lipinski definition) is 3. The molecular formula is C17H8BrN3O3. The Morgan fingerprint density at radius 3 is 2.67 bits per heavy atom. The summed E-state index contributed by atoms with van der Waals surface area (Å²) in [4.78, 5) is 32.4. The number of pyridine rings is 1. The van der Waals surface area contributed by atoms with E-state index in [0.29, 0.717) is 42.8 Å². The Balaban J connectivity index is 2.18. The lowest BCUT2D eigenvalue weighted by molar-refractivity contribution is 0.0880. The van der Waals surface area contributed by atoms with Crippen molar-refractivity contribution in [3.8, 4) is 5.75 Å². The summed E-state index contributed by atoms with van der Waals surface area (Å²) in [7, 11) is 0. The minimum absolute atomic E-state index is 0.0647. The molecular weight excluding hydrogens is 374 g/mol. The molecule has 0 radical (unpaired) electrons. The van der Waals surface area contributed by atoms with E-state index in [0.717, 1.165) is 5.52 Å². The number of H-pyrrole nitrogens is 1. The average molecular weight is 382 g/mol. The van der Waals surface area contributed by atoms with Gasteiger partial charge in [-0.1, -0.05) is 6.07 Å². The van der Waals surface area contributed by atoms with Crippen LogP contribution in [0.5, 0.6) is 5.75 Å². The number of aromatic hydroxyl groups is 1. The van der Waals surface area contributed by atoms with Gasteiger partial charge in [-0.05, 0) is 34.1 Å². The third-order valence-corrected chi connectivity index (χ3v) is 4.96. The van der Waals surface area contributed by atoms with E-state index in [1.54, 1.807) is 30.5 Å². The van der Waals surface area contributed by atoms with Gasteiger partial charge < -0.3 is 10.1 Å². The number of phenols is 1. The second-order valence-electron chi connectivity index (χ2n) is 5.66. The molecule has 0 fully saturated rings. The van der Waals surface area contributed by atoms with Crippen molar-refractivity contribution >= 4 is 60.5 Å². The predicted octanol–water partition coefficient (Wildman–Crippen LogP) is 3.22. The highest BCUT2D eigenvalue weighted by molar-refractivity contribution is 9.10. The van der Waals surface area contributed by atoms with Crippen LogP contribution in [0.1, 0.15) is 20.7 Å². The summed E-state index contributed by atoms with van der Waals surface area (Å²) in [6.07, 6.45) is 1.64. The number of imide groups is 1. The van der Waals surface area contributed by atoms with Crippen molar-refractivity contribution < 1.29 is 14.7 Å². The van der Waals surface area contributed by atoms with Crippen LogP contribution in [0.3, 0.4) is 0 Å². The maximum Gasteiger partial charge on any atom is 0.259 e. The van der Waals surface area contributed by atoms with E-state index in [-0.39, 0.29) is 5.75 Å². The van der Waals surface area contributed by atoms with Crippen LogP contribution in [0.15, 0.2) is 34.9 Å². The number of carbonyl (C=O) groups excluding carboxylic acids is 2. The van der Waals surface area contributed by atoms with Crippen LogP contribution in [0.4, 0.5) is 0 Å². The van der Waals surface area contributed by atoms with Gasteiger partial charge in [0.1, 0.15) is 5.75 Å². The molecule has 6 nitrogen and oxygen atoms in total. The highest BCUT2D eigenvalue weighted by atomic mass is 79.9. The SMILES string of the molecule is O=C1NC(=O)c2c1c1cccnc1c1[nH]c3c(Br)cc(O)cc3c21. The summed E-state index contributed by atoms with van der Waals surface area (Å²) in [5.74, 6) is -0.801. The third-order valence-electron chi connectivity index (χ3n) is 4.34. The number of aromatic nitrogens is 2. The molecule has 0 spiro atoms. The lowest BCUT2D eigenvalue weighted by Gasteiger charge is -2.05. The van der Waals surface area contributed by atoms with E-state index >= 15 is 0 Å². The molecule has 0 aliphatic carbocycles. The number of phenolic OH excluding ortho intramolecular Hbond substituents is 1. The van der Waals surface area contributed by atoms with Crippen LogP contribution in [0.25, 0.3) is 32.7 Å². The van der Waals surface area contributed by atoms with E-state index in [9.17, 15) is 14.7 Å². The van der Waals surface area contributed by atoms with Crippen LogP contribution in [-0.4, -0.2) is 26.9 Å². The number of hydrogen-bond acceptors (Lipinski definition) is 4. The molecule has 2 aromatic heterocycles. The molecule has 1 aliphatic heterocycles. The van der Waals surface area contributed by atoms with Gasteiger partial charge in [0.2, 0.25) is 0 Å². The first-order chi connectivity index (χ1) is 11.6. The van der Waals surface area contributed by atoms with Crippen LogP contribution >= 0.6 is 15.9 Å². The Morgan fingerprint density at radius 1 is 1.04 bits per heavy atom. The fourth-order valence-electron chi connectivity index (χ4n) is 3.43. The Hall–Kier alpha value is -2.93. The summed E-state index contributed by atoms with van der Waals surface area (Å²) >= 11 is 3.42. The second-order valence-corrected chi connectivity index (χ2v) is 6.51. The molecule has 4 aromatic rings. The van der Waals surface area contributed by atoms with Crippen LogP contribution < -0.4 is 5.32 Å². The van der Waals surface area contributed by atoms with Crippen molar-refractivity contribution in [1.29, 1.82) is 0 Å². The molecule has 7 heteroatoms. The van der Waals surface area contributed by atoms with Crippen molar-refractivity contribution in [3.63, 3.8) is 0 Å². The van der Waals surface area contributed by atoms with E-state index in [1.807, 2.05) is 0 Å². The molecule has 0 unspecified atom stereocenters. The van der Waals surface area contributed by atoms with Gasteiger partial charge in [-0.3, -0.25) is 19.9 Å². The summed E-state index contributed by atoms with van der Waals surface area (Å²) in [6.45, 7) is 0. The van der Waals surface area contributed by atoms with E-state index in [2.05, 4.69) is 31.2 Å². The summed E-state index contributed by atoms with van der Waals surface area (Å²) < 4.78 is 0.663. The number of amides is 2. The van der Waals surface area contributed by atoms with Crippen LogP contribution in [0.2, 0.25) is 0 Å². The highest BCUT2D eigenvalue weighted by Crippen LogP contribution is 2.41. The fourth-order valence-corrected chi connectivity index (χ4v) is 3.98. The first kappa shape index (κ1) is 13.5. The quantitative estimate of drug-likeness (QED) is 0.407. The van der Waals surface area contributed by atoms with Crippen molar-refractivity contribution in [2.45, 2.75) is 0 Å². The number of aromatic amines is 1. The number of rotatable bonds is 0. The Bertz CT molecular complexity index is 1240. The zero-order valence-corrected chi connectivity index (χ0v) is 13.6. The summed E-state index contributed by atoms with van der Waals surface area (Å²) in [6, 6.07) is 6.65. The minimum Gasteiger partial charge on any atom is -0.508 e. The average Bonchev–Trinajstić information content (AvgIpc) is 3.06. The van der Waals surface area contributed by atoms with Crippen molar-refractivity contribution in [2.24, 2.45) is 0 Å². The molecule has 3 heterocycles. The zero-order valence-electron chi connectivity index (χ0n) is 12.0. The maximum absolute atomic E-state index is 12.4. The summed E-state index contributed by atoms with van der Waals surface area (Å²) in [5, 5.41) is 14.2. The van der Waals surface area contributed by atoms with E-state index in [4.69, 9.17) is 0 Å². The number of benzene rings is 2. The predicted molar refractivity (Wildman–Crippen MR) is 92.3 cm³/mol. The van der Waals surface area contributed by atoms with Gasteiger partial charge in [-0.2, -0.15) is 0 Å². The van der Waals surface area contributed by atoms with E-state index < -0.39 is 11.8 Å². The standard InChI is InChI=1S/C17H8BrN3O3/c18-9-5-6(22)4-8-10-12-11(16(23)21-17(12)24)7-2-1-3-19-14(7)15(10)20-13(8)9/h1-5,20,22H,(H,21,23,24). The highest BCUT2D eigenvalue weighted by Gasteiger charge is 2.33. The Kier molecular flexibility index (Phi) is 2.43. The molecule has 0 saturated carbocycles. The van der Waals surface area contributed by atoms with Gasteiger partial charge in [-0.25, -0.2) is 0 Å². The van der Waals surface area contributed by atoms with E-state index in [1.165, 1.54) is 0 Å². The summed E-state index contributed by atoms with van der Waals surface area (Å²) in [5.41, 5.74) is 2.65. The lowest BCUT2D eigenvalue weighted by atomic mass is 9.97. The molecule has 2 aromatic carbocycles. The van der Waals surface area contributed by atoms with Crippen molar-refractivity contribution in [3.05, 3.63) is 46.1 Å². The first-order valence-electron chi connectivity index (χ1n) is 7.16. The van der Waals surface area contributed by atoms with Crippen molar-refractivity contribution in [2.75, 3.05) is 0 Å². The molecule has 5 rings (SSSR count). The number of fused-ring (bicyclic) bond motifs is 8. The monoisotopic (exact) mass is 381 g/mol. The molecule has 3 N–H and O–H groups in total. The largest absolute Gasteiger partial charge is 0.508 e. The zero-order chi connectivity index (χ0) is 16.6. The maximum atomic E-state index is 12.4. The van der Waals surface area contributed by atoms with Gasteiger partial charge in [-0.15, -0.1) is 0 Å². The van der Waals surface area contributed by atoms with Gasteiger partial charge in [0.25, 0.3) is 11.8 Å².